The molecule has 29 heavy (non-hydrogen) atoms. The van der Waals surface area contributed by atoms with E-state index in [9.17, 15) is 5.11 Å². The van der Waals surface area contributed by atoms with Crippen LogP contribution in [-0.2, 0) is 6.54 Å². The molecule has 0 saturated carbocycles. The van der Waals surface area contributed by atoms with Gasteiger partial charge in [-0.05, 0) is 41.0 Å². The van der Waals surface area contributed by atoms with E-state index >= 15 is 0 Å². The van der Waals surface area contributed by atoms with E-state index in [4.69, 9.17) is 11.6 Å². The number of hydrogen-bond acceptors (Lipinski definition) is 4. The first kappa shape index (κ1) is 19.1. The van der Waals surface area contributed by atoms with Crippen molar-refractivity contribution in [3.63, 3.8) is 0 Å². The van der Waals surface area contributed by atoms with Crippen LogP contribution in [0.15, 0.2) is 91.5 Å². The summed E-state index contributed by atoms with van der Waals surface area (Å²) in [7, 11) is 0. The predicted molar refractivity (Wildman–Crippen MR) is 116 cm³/mol. The third-order valence-electron chi connectivity index (χ3n) is 4.81. The molecule has 3 aromatic carbocycles. The number of nitrogens with one attached hydrogen (secondary N) is 1. The summed E-state index contributed by atoms with van der Waals surface area (Å²) in [5, 5.41) is 14.7. The third kappa shape index (κ3) is 4.62. The maximum absolute atomic E-state index is 10.4. The normalized spacial score (nSPS) is 11.9. The number of aromatic hydroxyl groups is 1. The van der Waals surface area contributed by atoms with Crippen molar-refractivity contribution in [3.05, 3.63) is 113 Å². The van der Waals surface area contributed by atoms with Crippen LogP contribution < -0.4 is 5.32 Å². The zero-order valence-electron chi connectivity index (χ0n) is 15.7. The molecule has 0 saturated heterocycles. The number of hydrogen-bond donors (Lipinski definition) is 2. The molecular formula is C24H20ClN3O. The Morgan fingerprint density at radius 1 is 0.828 bits per heavy atom. The van der Waals surface area contributed by atoms with Gasteiger partial charge in [0.15, 0.2) is 0 Å². The largest absolute Gasteiger partial charge is 0.508 e. The number of phenolic OH excluding ortho intramolecular Hbond substituents is 1. The topological polar surface area (TPSA) is 58.0 Å². The molecule has 4 rings (SSSR count). The molecule has 1 atom stereocenters. The van der Waals surface area contributed by atoms with Gasteiger partial charge in [-0.1, -0.05) is 60.1 Å². The van der Waals surface area contributed by atoms with Crippen LogP contribution in [0.4, 0.5) is 0 Å². The van der Waals surface area contributed by atoms with Gasteiger partial charge in [0.25, 0.3) is 0 Å². The summed E-state index contributed by atoms with van der Waals surface area (Å²) in [6, 6.07) is 23.5. The van der Waals surface area contributed by atoms with Crippen LogP contribution >= 0.6 is 11.6 Å². The van der Waals surface area contributed by atoms with E-state index < -0.39 is 0 Å². The lowest BCUT2D eigenvalue weighted by Gasteiger charge is -2.21. The van der Waals surface area contributed by atoms with Gasteiger partial charge in [-0.3, -0.25) is 0 Å². The third-order valence-corrected chi connectivity index (χ3v) is 5.06. The maximum atomic E-state index is 10.4. The summed E-state index contributed by atoms with van der Waals surface area (Å²) in [6.45, 7) is 0.496. The van der Waals surface area contributed by atoms with E-state index in [1.54, 1.807) is 18.5 Å². The molecule has 0 aliphatic carbocycles. The summed E-state index contributed by atoms with van der Waals surface area (Å²) >= 11 is 6.07. The first-order valence-electron chi connectivity index (χ1n) is 9.32. The standard InChI is InChI=1S/C24H20ClN3O/c25-22-9-6-18(7-10-22)24(17-4-2-1-3-5-17)28-15-20-12-19(8-11-23(20)29)21-13-26-16-27-14-21/h1-14,16,24,28-29H,15H2. The summed E-state index contributed by atoms with van der Waals surface area (Å²) in [5.74, 6) is 0.251. The quantitative estimate of drug-likeness (QED) is 0.455. The summed E-state index contributed by atoms with van der Waals surface area (Å²) < 4.78 is 0. The number of benzene rings is 3. The Hall–Kier alpha value is -3.21. The smallest absolute Gasteiger partial charge is 0.120 e. The fraction of sp³-hybridized carbons (Fsp3) is 0.0833. The minimum Gasteiger partial charge on any atom is -0.508 e. The molecule has 0 aliphatic rings. The fourth-order valence-corrected chi connectivity index (χ4v) is 3.42. The van der Waals surface area contributed by atoms with Gasteiger partial charge >= 0.3 is 0 Å². The van der Waals surface area contributed by atoms with Gasteiger partial charge in [0.05, 0.1) is 6.04 Å². The van der Waals surface area contributed by atoms with Gasteiger partial charge in [0, 0.05) is 35.1 Å². The lowest BCUT2D eigenvalue weighted by molar-refractivity contribution is 0.462. The van der Waals surface area contributed by atoms with Crippen molar-refractivity contribution in [2.45, 2.75) is 12.6 Å². The number of halogens is 1. The lowest BCUT2D eigenvalue weighted by atomic mass is 9.98. The van der Waals surface area contributed by atoms with Crippen LogP contribution in [0.3, 0.4) is 0 Å². The zero-order chi connectivity index (χ0) is 20.1. The highest BCUT2D eigenvalue weighted by atomic mass is 35.5. The SMILES string of the molecule is Oc1ccc(-c2cncnc2)cc1CNC(c1ccccc1)c1ccc(Cl)cc1. The van der Waals surface area contributed by atoms with Gasteiger partial charge < -0.3 is 10.4 Å². The van der Waals surface area contributed by atoms with E-state index in [0.717, 1.165) is 27.8 Å². The molecule has 0 radical (unpaired) electrons. The van der Waals surface area contributed by atoms with E-state index in [-0.39, 0.29) is 11.8 Å². The van der Waals surface area contributed by atoms with E-state index in [0.29, 0.717) is 11.6 Å². The number of rotatable bonds is 6. The molecule has 0 aliphatic heterocycles. The maximum Gasteiger partial charge on any atom is 0.120 e. The number of aromatic nitrogens is 2. The molecule has 1 aromatic heterocycles. The zero-order valence-corrected chi connectivity index (χ0v) is 16.4. The second-order valence-electron chi connectivity index (χ2n) is 6.75. The Labute approximate surface area is 174 Å². The molecule has 0 fully saturated rings. The molecule has 2 N–H and O–H groups in total. The second kappa shape index (κ2) is 8.86. The van der Waals surface area contributed by atoms with Crippen LogP contribution in [0.5, 0.6) is 5.75 Å². The minimum atomic E-state index is -0.0309. The number of nitrogens with zero attached hydrogens (tertiary/aromatic N) is 2. The van der Waals surface area contributed by atoms with Crippen LogP contribution in [-0.4, -0.2) is 15.1 Å². The van der Waals surface area contributed by atoms with Crippen molar-refractivity contribution in [3.8, 4) is 16.9 Å². The highest BCUT2D eigenvalue weighted by molar-refractivity contribution is 6.30. The van der Waals surface area contributed by atoms with Crippen LogP contribution in [0.25, 0.3) is 11.1 Å². The Bertz CT molecular complexity index is 1070. The molecule has 0 amide bonds. The first-order valence-corrected chi connectivity index (χ1v) is 9.69. The van der Waals surface area contributed by atoms with Crippen molar-refractivity contribution >= 4 is 11.6 Å². The van der Waals surface area contributed by atoms with Gasteiger partial charge in [0.1, 0.15) is 12.1 Å². The van der Waals surface area contributed by atoms with Crippen molar-refractivity contribution in [2.75, 3.05) is 0 Å². The first-order chi connectivity index (χ1) is 14.2. The molecule has 5 heteroatoms. The fourth-order valence-electron chi connectivity index (χ4n) is 3.30. The van der Waals surface area contributed by atoms with Gasteiger partial charge in [-0.15, -0.1) is 0 Å². The summed E-state index contributed by atoms with van der Waals surface area (Å²) in [6.07, 6.45) is 5.02. The molecule has 1 heterocycles. The van der Waals surface area contributed by atoms with Crippen molar-refractivity contribution in [1.82, 2.24) is 15.3 Å². The molecule has 0 bridgehead atoms. The lowest BCUT2D eigenvalue weighted by Crippen LogP contribution is -2.22. The van der Waals surface area contributed by atoms with E-state index in [1.807, 2.05) is 54.6 Å². The average Bonchev–Trinajstić information content (AvgIpc) is 2.77. The van der Waals surface area contributed by atoms with Crippen molar-refractivity contribution < 1.29 is 5.11 Å². The Balaban J connectivity index is 1.61. The molecule has 0 spiro atoms. The summed E-state index contributed by atoms with van der Waals surface area (Å²) in [4.78, 5) is 8.15. The minimum absolute atomic E-state index is 0.0309. The highest BCUT2D eigenvalue weighted by Gasteiger charge is 2.15. The predicted octanol–water partition coefficient (Wildman–Crippen LogP) is 5.38. The van der Waals surface area contributed by atoms with Crippen LogP contribution in [0.2, 0.25) is 5.02 Å². The molecule has 1 unspecified atom stereocenters. The van der Waals surface area contributed by atoms with Crippen LogP contribution in [0.1, 0.15) is 22.7 Å². The van der Waals surface area contributed by atoms with Gasteiger partial charge in [-0.25, -0.2) is 9.97 Å². The summed E-state index contributed by atoms with van der Waals surface area (Å²) in [5.41, 5.74) is 4.92. The van der Waals surface area contributed by atoms with Crippen LogP contribution in [0, 0.1) is 0 Å². The van der Waals surface area contributed by atoms with Crippen molar-refractivity contribution in [1.29, 1.82) is 0 Å². The Morgan fingerprint density at radius 3 is 2.24 bits per heavy atom. The monoisotopic (exact) mass is 401 g/mol. The second-order valence-corrected chi connectivity index (χ2v) is 7.18. The number of phenols is 1. The van der Waals surface area contributed by atoms with E-state index in [1.165, 1.54) is 6.33 Å². The molecule has 4 aromatic rings. The Kier molecular flexibility index (Phi) is 5.84. The van der Waals surface area contributed by atoms with Gasteiger partial charge in [0.2, 0.25) is 0 Å². The van der Waals surface area contributed by atoms with Crippen molar-refractivity contribution in [2.24, 2.45) is 0 Å². The van der Waals surface area contributed by atoms with Gasteiger partial charge in [-0.2, -0.15) is 0 Å². The van der Waals surface area contributed by atoms with E-state index in [2.05, 4.69) is 27.4 Å². The molecular weight excluding hydrogens is 382 g/mol. The molecule has 144 valence electrons. The average molecular weight is 402 g/mol. The molecule has 4 nitrogen and oxygen atoms in total. The highest BCUT2D eigenvalue weighted by Crippen LogP contribution is 2.28. The Morgan fingerprint density at radius 2 is 1.52 bits per heavy atom.